The van der Waals surface area contributed by atoms with Crippen LogP contribution in [0.4, 0.5) is 0 Å². The molecule has 0 aliphatic carbocycles. The fourth-order valence-corrected chi connectivity index (χ4v) is 4.17. The lowest BCUT2D eigenvalue weighted by molar-refractivity contribution is 0.393. The number of benzene rings is 1. The van der Waals surface area contributed by atoms with Gasteiger partial charge in [-0.1, -0.05) is 48.8 Å². The van der Waals surface area contributed by atoms with Crippen molar-refractivity contribution in [3.05, 3.63) is 41.8 Å². The van der Waals surface area contributed by atoms with Crippen LogP contribution in [0.25, 0.3) is 0 Å². The van der Waals surface area contributed by atoms with Gasteiger partial charge in [-0.25, -0.2) is 21.6 Å². The van der Waals surface area contributed by atoms with Gasteiger partial charge in [-0.2, -0.15) is 0 Å². The third kappa shape index (κ3) is 5.39. The Morgan fingerprint density at radius 3 is 2.46 bits per heavy atom. The van der Waals surface area contributed by atoms with Crippen molar-refractivity contribution < 1.29 is 21.3 Å². The molecule has 24 heavy (non-hydrogen) atoms. The molecular formula is C14H19N3O5S2. The molecule has 0 amide bonds. The summed E-state index contributed by atoms with van der Waals surface area (Å²) in [6, 6.07) is 8.60. The average molecular weight is 373 g/mol. The molecule has 132 valence electrons. The Balaban J connectivity index is 2.02. The molecule has 1 heterocycles. The lowest BCUT2D eigenvalue weighted by Crippen LogP contribution is -2.26. The first-order valence-electron chi connectivity index (χ1n) is 7.39. The molecule has 0 saturated heterocycles. The summed E-state index contributed by atoms with van der Waals surface area (Å²) in [5.74, 6) is -0.365. The number of nitrogens with one attached hydrogen (secondary N) is 1. The van der Waals surface area contributed by atoms with E-state index in [9.17, 15) is 16.8 Å². The maximum atomic E-state index is 12.2. The highest BCUT2D eigenvalue weighted by atomic mass is 32.2. The molecule has 1 aromatic carbocycles. The Bertz CT molecular complexity index is 861. The minimum atomic E-state index is -3.78. The van der Waals surface area contributed by atoms with Gasteiger partial charge in [-0.15, -0.1) is 5.10 Å². The van der Waals surface area contributed by atoms with Crippen molar-refractivity contribution in [2.45, 2.75) is 37.3 Å². The van der Waals surface area contributed by atoms with Gasteiger partial charge in [0.1, 0.15) is 0 Å². The van der Waals surface area contributed by atoms with Gasteiger partial charge in [-0.3, -0.25) is 0 Å². The van der Waals surface area contributed by atoms with E-state index < -0.39 is 25.1 Å². The van der Waals surface area contributed by atoms with Crippen molar-refractivity contribution in [1.82, 2.24) is 14.9 Å². The molecular weight excluding hydrogens is 354 g/mol. The molecule has 0 aliphatic heterocycles. The number of hydrogen-bond acceptors (Lipinski definition) is 7. The lowest BCUT2D eigenvalue weighted by atomic mass is 10.2. The Morgan fingerprint density at radius 2 is 1.79 bits per heavy atom. The summed E-state index contributed by atoms with van der Waals surface area (Å²) in [4.78, 5) is 0. The number of hydrogen-bond donors (Lipinski definition) is 1. The van der Waals surface area contributed by atoms with E-state index in [1.165, 1.54) is 0 Å². The summed E-state index contributed by atoms with van der Waals surface area (Å²) in [6.07, 6.45) is 1.29. The van der Waals surface area contributed by atoms with E-state index in [1.807, 2.05) is 6.92 Å². The van der Waals surface area contributed by atoms with E-state index in [2.05, 4.69) is 14.9 Å². The summed E-state index contributed by atoms with van der Waals surface area (Å²) in [7, 11) is -7.22. The summed E-state index contributed by atoms with van der Waals surface area (Å²) >= 11 is 0. The first-order chi connectivity index (χ1) is 11.3. The number of unbranched alkanes of at least 4 members (excludes halogenated alkanes) is 1. The molecule has 0 fully saturated rings. The predicted octanol–water partition coefficient (Wildman–Crippen LogP) is 1.26. The fraction of sp³-hybridized carbons (Fsp3) is 0.429. The number of sulfone groups is 1. The summed E-state index contributed by atoms with van der Waals surface area (Å²) < 4.78 is 55.2. The fourth-order valence-electron chi connectivity index (χ4n) is 1.87. The van der Waals surface area contributed by atoms with Gasteiger partial charge in [0.15, 0.2) is 0 Å². The minimum Gasteiger partial charge on any atom is -0.411 e. The third-order valence-electron chi connectivity index (χ3n) is 3.12. The van der Waals surface area contributed by atoms with Gasteiger partial charge >= 0.3 is 5.22 Å². The van der Waals surface area contributed by atoms with Crippen LogP contribution in [0.5, 0.6) is 0 Å². The maximum Gasteiger partial charge on any atom is 0.335 e. The molecule has 1 aromatic heterocycles. The van der Waals surface area contributed by atoms with Crippen LogP contribution in [0.3, 0.4) is 0 Å². The van der Waals surface area contributed by atoms with Crippen LogP contribution in [0, 0.1) is 0 Å². The lowest BCUT2D eigenvalue weighted by Gasteiger charge is -2.03. The maximum absolute atomic E-state index is 12.2. The van der Waals surface area contributed by atoms with Crippen molar-refractivity contribution in [2.24, 2.45) is 0 Å². The second-order valence-corrected chi connectivity index (χ2v) is 8.99. The highest BCUT2D eigenvalue weighted by Crippen LogP contribution is 2.15. The standard InChI is InChI=1S/C14H19N3O5S2/c1-2-3-9-24(20,21)15-10-13-16-17-14(22-13)23(18,19)11-12-7-5-4-6-8-12/h4-8,15H,2-3,9-11H2,1H3. The first kappa shape index (κ1) is 18.6. The monoisotopic (exact) mass is 373 g/mol. The highest BCUT2D eigenvalue weighted by Gasteiger charge is 2.23. The molecule has 0 unspecified atom stereocenters. The van der Waals surface area contributed by atoms with E-state index in [0.29, 0.717) is 12.0 Å². The molecule has 0 bridgehead atoms. The molecule has 0 saturated carbocycles. The average Bonchev–Trinajstić information content (AvgIpc) is 3.02. The van der Waals surface area contributed by atoms with Crippen LogP contribution < -0.4 is 4.72 Å². The second kappa shape index (κ2) is 7.86. The minimum absolute atomic E-state index is 0.00317. The van der Waals surface area contributed by atoms with Crippen LogP contribution >= 0.6 is 0 Å². The Hall–Kier alpha value is -1.78. The highest BCUT2D eigenvalue weighted by molar-refractivity contribution is 7.90. The van der Waals surface area contributed by atoms with Gasteiger partial charge in [0.05, 0.1) is 18.1 Å². The number of rotatable bonds is 9. The summed E-state index contributed by atoms with van der Waals surface area (Å²) in [6.45, 7) is 1.65. The normalized spacial score (nSPS) is 12.4. The SMILES string of the molecule is CCCCS(=O)(=O)NCc1nnc(S(=O)(=O)Cc2ccccc2)o1. The number of aromatic nitrogens is 2. The van der Waals surface area contributed by atoms with E-state index in [4.69, 9.17) is 4.42 Å². The van der Waals surface area contributed by atoms with E-state index in [1.54, 1.807) is 30.3 Å². The van der Waals surface area contributed by atoms with Crippen LogP contribution in [-0.2, 0) is 32.2 Å². The van der Waals surface area contributed by atoms with Gasteiger partial charge in [-0.05, 0) is 12.0 Å². The zero-order chi connectivity index (χ0) is 17.6. The first-order valence-corrected chi connectivity index (χ1v) is 10.7. The van der Waals surface area contributed by atoms with Crippen molar-refractivity contribution in [1.29, 1.82) is 0 Å². The molecule has 2 aromatic rings. The smallest absolute Gasteiger partial charge is 0.335 e. The molecule has 1 N–H and O–H groups in total. The van der Waals surface area contributed by atoms with Gasteiger partial charge in [0.2, 0.25) is 25.8 Å². The van der Waals surface area contributed by atoms with E-state index >= 15 is 0 Å². The van der Waals surface area contributed by atoms with Gasteiger partial charge in [0.25, 0.3) is 0 Å². The zero-order valence-corrected chi connectivity index (χ0v) is 14.8. The topological polar surface area (TPSA) is 119 Å². The van der Waals surface area contributed by atoms with Gasteiger partial charge < -0.3 is 4.42 Å². The summed E-state index contributed by atoms with van der Waals surface area (Å²) in [5.41, 5.74) is 0.595. The molecule has 0 atom stereocenters. The van der Waals surface area contributed by atoms with Crippen LogP contribution in [0.2, 0.25) is 0 Å². The van der Waals surface area contributed by atoms with E-state index in [-0.39, 0.29) is 23.9 Å². The van der Waals surface area contributed by atoms with Crippen LogP contribution in [-0.4, -0.2) is 32.8 Å². The molecule has 8 nitrogen and oxygen atoms in total. The molecule has 10 heteroatoms. The van der Waals surface area contributed by atoms with Crippen LogP contribution in [0.15, 0.2) is 40.0 Å². The van der Waals surface area contributed by atoms with Gasteiger partial charge in [0, 0.05) is 0 Å². The molecule has 0 aliphatic rings. The van der Waals surface area contributed by atoms with Crippen molar-refractivity contribution in [3.63, 3.8) is 0 Å². The Kier molecular flexibility index (Phi) is 6.08. The summed E-state index contributed by atoms with van der Waals surface area (Å²) in [5, 5.41) is 6.57. The predicted molar refractivity (Wildman–Crippen MR) is 87.2 cm³/mol. The van der Waals surface area contributed by atoms with Crippen molar-refractivity contribution in [2.75, 3.05) is 5.75 Å². The number of nitrogens with zero attached hydrogens (tertiary/aromatic N) is 2. The Labute approximate surface area is 141 Å². The second-order valence-electron chi connectivity index (χ2n) is 5.20. The zero-order valence-electron chi connectivity index (χ0n) is 13.2. The third-order valence-corrected chi connectivity index (χ3v) is 5.94. The van der Waals surface area contributed by atoms with Crippen molar-refractivity contribution in [3.8, 4) is 0 Å². The Morgan fingerprint density at radius 1 is 1.08 bits per heavy atom. The quantitative estimate of drug-likeness (QED) is 0.702. The van der Waals surface area contributed by atoms with E-state index in [0.717, 1.165) is 6.42 Å². The molecule has 0 spiro atoms. The molecule has 2 rings (SSSR count). The van der Waals surface area contributed by atoms with Crippen LogP contribution in [0.1, 0.15) is 31.2 Å². The molecule has 0 radical (unpaired) electrons. The number of sulfonamides is 1. The van der Waals surface area contributed by atoms with Crippen molar-refractivity contribution >= 4 is 19.9 Å². The largest absolute Gasteiger partial charge is 0.411 e.